The highest BCUT2D eigenvalue weighted by atomic mass is 35.5. The molecule has 0 saturated heterocycles. The molecule has 0 radical (unpaired) electrons. The predicted molar refractivity (Wildman–Crippen MR) is 92.2 cm³/mol. The number of hydrogen-bond donors (Lipinski definition) is 1. The lowest BCUT2D eigenvalue weighted by molar-refractivity contribution is -0.126. The molecule has 2 aromatic carbocycles. The molecule has 1 aliphatic heterocycles. The van der Waals surface area contributed by atoms with E-state index >= 15 is 0 Å². The summed E-state index contributed by atoms with van der Waals surface area (Å²) in [7, 11) is 1.57. The molecule has 1 heterocycles. The van der Waals surface area contributed by atoms with E-state index in [0.29, 0.717) is 17.3 Å². The number of carbonyl (C=O) groups excluding carboxylic acids is 2. The van der Waals surface area contributed by atoms with E-state index < -0.39 is 6.04 Å². The molecule has 1 aliphatic rings. The minimum Gasteiger partial charge on any atom is -0.497 e. The molecule has 0 aromatic heterocycles. The van der Waals surface area contributed by atoms with Crippen molar-refractivity contribution in [1.29, 1.82) is 0 Å². The highest BCUT2D eigenvalue weighted by molar-refractivity contribution is 6.30. The van der Waals surface area contributed by atoms with E-state index in [4.69, 9.17) is 16.3 Å². The van der Waals surface area contributed by atoms with E-state index in [1.54, 1.807) is 36.3 Å². The van der Waals surface area contributed by atoms with Crippen molar-refractivity contribution in [2.75, 3.05) is 12.0 Å². The van der Waals surface area contributed by atoms with Gasteiger partial charge in [0.1, 0.15) is 11.8 Å². The zero-order valence-electron chi connectivity index (χ0n) is 13.4. The summed E-state index contributed by atoms with van der Waals surface area (Å²) in [6.07, 6.45) is 0. The third kappa shape index (κ3) is 3.08. The second-order valence-electron chi connectivity index (χ2n) is 5.61. The zero-order chi connectivity index (χ0) is 17.3. The number of amides is 2. The normalized spacial score (nSPS) is 16.0. The summed E-state index contributed by atoms with van der Waals surface area (Å²) in [5.41, 5.74) is 2.47. The molecule has 0 aliphatic carbocycles. The molecule has 124 valence electrons. The Hall–Kier alpha value is -2.53. The number of carbonyl (C=O) groups is 2. The van der Waals surface area contributed by atoms with E-state index in [1.165, 1.54) is 6.92 Å². The Morgan fingerprint density at radius 3 is 2.58 bits per heavy atom. The molecular weight excluding hydrogens is 328 g/mol. The van der Waals surface area contributed by atoms with Gasteiger partial charge < -0.3 is 15.0 Å². The van der Waals surface area contributed by atoms with Crippen molar-refractivity contribution in [3.8, 4) is 5.75 Å². The van der Waals surface area contributed by atoms with Crippen molar-refractivity contribution in [2.45, 2.75) is 19.5 Å². The van der Waals surface area contributed by atoms with Crippen molar-refractivity contribution in [1.82, 2.24) is 5.32 Å². The summed E-state index contributed by atoms with van der Waals surface area (Å²) < 4.78 is 5.24. The molecule has 5 nitrogen and oxygen atoms in total. The second-order valence-corrected chi connectivity index (χ2v) is 6.05. The maximum Gasteiger partial charge on any atom is 0.254 e. The molecular formula is C18H17ClN2O3. The van der Waals surface area contributed by atoms with Gasteiger partial charge in [0.05, 0.1) is 19.3 Å². The first-order valence-electron chi connectivity index (χ1n) is 7.50. The van der Waals surface area contributed by atoms with Gasteiger partial charge in [0.25, 0.3) is 5.91 Å². The molecule has 3 rings (SSSR count). The summed E-state index contributed by atoms with van der Waals surface area (Å²) in [6, 6.07) is 12.1. The number of anilines is 1. The number of benzene rings is 2. The first-order valence-corrected chi connectivity index (χ1v) is 7.88. The van der Waals surface area contributed by atoms with Crippen molar-refractivity contribution in [2.24, 2.45) is 0 Å². The number of fused-ring (bicyclic) bond motifs is 1. The Balaban J connectivity index is 1.97. The molecule has 1 N–H and O–H groups in total. The molecule has 0 saturated carbocycles. The van der Waals surface area contributed by atoms with Crippen molar-refractivity contribution >= 4 is 29.1 Å². The van der Waals surface area contributed by atoms with Gasteiger partial charge in [0.2, 0.25) is 5.91 Å². The Kier molecular flexibility index (Phi) is 4.44. The van der Waals surface area contributed by atoms with Crippen LogP contribution in [-0.4, -0.2) is 18.9 Å². The number of hydrogen-bond acceptors (Lipinski definition) is 3. The lowest BCUT2D eigenvalue weighted by Gasteiger charge is -2.18. The summed E-state index contributed by atoms with van der Waals surface area (Å²) in [5, 5.41) is 3.36. The van der Waals surface area contributed by atoms with E-state index in [-0.39, 0.29) is 11.8 Å². The monoisotopic (exact) mass is 344 g/mol. The summed E-state index contributed by atoms with van der Waals surface area (Å²) >= 11 is 5.91. The molecule has 0 bridgehead atoms. The fourth-order valence-corrected chi connectivity index (χ4v) is 2.95. The fraction of sp³-hybridized carbons (Fsp3) is 0.222. The molecule has 1 unspecified atom stereocenters. The van der Waals surface area contributed by atoms with Crippen LogP contribution in [0.15, 0.2) is 42.5 Å². The zero-order valence-corrected chi connectivity index (χ0v) is 14.1. The Bertz CT molecular complexity index is 789. The van der Waals surface area contributed by atoms with Crippen LogP contribution in [0.5, 0.6) is 5.75 Å². The number of nitrogens with one attached hydrogen (secondary N) is 1. The number of rotatable bonds is 4. The standard InChI is InChI=1S/C18H17ClN2O3/c1-11(22)20-17-15-9-14(24-2)7-8-16(15)21(18(17)23)10-12-3-5-13(19)6-4-12/h3-9,17H,10H2,1-2H3,(H,20,22). The highest BCUT2D eigenvalue weighted by Gasteiger charge is 2.38. The van der Waals surface area contributed by atoms with Gasteiger partial charge in [0.15, 0.2) is 0 Å². The predicted octanol–water partition coefficient (Wildman–Crippen LogP) is 3.07. The fourth-order valence-electron chi connectivity index (χ4n) is 2.82. The second kappa shape index (κ2) is 6.53. The third-order valence-electron chi connectivity index (χ3n) is 3.95. The summed E-state index contributed by atoms with van der Waals surface area (Å²) in [6.45, 7) is 1.81. The highest BCUT2D eigenvalue weighted by Crippen LogP contribution is 2.39. The van der Waals surface area contributed by atoms with Gasteiger partial charge in [0, 0.05) is 17.5 Å². The van der Waals surface area contributed by atoms with Gasteiger partial charge in [-0.05, 0) is 35.9 Å². The van der Waals surface area contributed by atoms with E-state index in [9.17, 15) is 9.59 Å². The molecule has 2 aromatic rings. The van der Waals surface area contributed by atoms with Crippen LogP contribution in [0.2, 0.25) is 5.02 Å². The maximum absolute atomic E-state index is 12.8. The van der Waals surface area contributed by atoms with Gasteiger partial charge in [-0.15, -0.1) is 0 Å². The quantitative estimate of drug-likeness (QED) is 0.927. The summed E-state index contributed by atoms with van der Waals surface area (Å²) in [5.74, 6) is 0.226. The van der Waals surface area contributed by atoms with Crippen LogP contribution in [-0.2, 0) is 16.1 Å². The van der Waals surface area contributed by atoms with Crippen molar-refractivity contribution < 1.29 is 14.3 Å². The van der Waals surface area contributed by atoms with Crippen LogP contribution in [0.1, 0.15) is 24.1 Å². The van der Waals surface area contributed by atoms with Crippen LogP contribution in [0.25, 0.3) is 0 Å². The molecule has 24 heavy (non-hydrogen) atoms. The van der Waals surface area contributed by atoms with E-state index in [0.717, 1.165) is 16.8 Å². The molecule has 1 atom stereocenters. The number of ether oxygens (including phenoxy) is 1. The molecule has 0 spiro atoms. The average Bonchev–Trinajstić information content (AvgIpc) is 2.81. The lowest BCUT2D eigenvalue weighted by Crippen LogP contribution is -2.36. The first-order chi connectivity index (χ1) is 11.5. The Morgan fingerprint density at radius 2 is 1.96 bits per heavy atom. The number of halogens is 1. The molecule has 0 fully saturated rings. The lowest BCUT2D eigenvalue weighted by atomic mass is 10.1. The van der Waals surface area contributed by atoms with Crippen LogP contribution in [0, 0.1) is 0 Å². The van der Waals surface area contributed by atoms with Gasteiger partial charge >= 0.3 is 0 Å². The minimum atomic E-state index is -0.695. The van der Waals surface area contributed by atoms with Gasteiger partial charge in [-0.25, -0.2) is 0 Å². The van der Waals surface area contributed by atoms with Gasteiger partial charge in [-0.3, -0.25) is 9.59 Å². The Morgan fingerprint density at radius 1 is 1.25 bits per heavy atom. The van der Waals surface area contributed by atoms with Crippen LogP contribution >= 0.6 is 11.6 Å². The Labute approximate surface area is 145 Å². The van der Waals surface area contributed by atoms with Crippen LogP contribution in [0.4, 0.5) is 5.69 Å². The third-order valence-corrected chi connectivity index (χ3v) is 4.20. The van der Waals surface area contributed by atoms with Crippen molar-refractivity contribution in [3.05, 3.63) is 58.6 Å². The SMILES string of the molecule is COc1ccc2c(c1)C(NC(C)=O)C(=O)N2Cc1ccc(Cl)cc1. The minimum absolute atomic E-state index is 0.164. The topological polar surface area (TPSA) is 58.6 Å². The average molecular weight is 345 g/mol. The van der Waals surface area contributed by atoms with Gasteiger partial charge in [-0.1, -0.05) is 23.7 Å². The molecule has 6 heteroatoms. The van der Waals surface area contributed by atoms with Crippen molar-refractivity contribution in [3.63, 3.8) is 0 Å². The first kappa shape index (κ1) is 16.3. The number of methoxy groups -OCH3 is 1. The van der Waals surface area contributed by atoms with Crippen LogP contribution < -0.4 is 15.0 Å². The summed E-state index contributed by atoms with van der Waals surface area (Å²) in [4.78, 5) is 26.0. The van der Waals surface area contributed by atoms with Crippen LogP contribution in [0.3, 0.4) is 0 Å². The maximum atomic E-state index is 12.8. The van der Waals surface area contributed by atoms with E-state index in [1.807, 2.05) is 18.2 Å². The number of nitrogens with zero attached hydrogens (tertiary/aromatic N) is 1. The van der Waals surface area contributed by atoms with Gasteiger partial charge in [-0.2, -0.15) is 0 Å². The molecule has 2 amide bonds. The van der Waals surface area contributed by atoms with E-state index in [2.05, 4.69) is 5.32 Å². The smallest absolute Gasteiger partial charge is 0.254 e. The largest absolute Gasteiger partial charge is 0.497 e.